The molecule has 0 aliphatic heterocycles. The second-order valence-electron chi connectivity index (χ2n) is 13.8. The summed E-state index contributed by atoms with van der Waals surface area (Å²) >= 11 is 0. The largest absolute Gasteiger partial charge is 0.370 e. The zero-order chi connectivity index (χ0) is 50.9. The van der Waals surface area contributed by atoms with Crippen LogP contribution in [0.25, 0.3) is 17.1 Å². The fourth-order valence-electron chi connectivity index (χ4n) is 5.81. The monoisotopic (exact) mass is 958 g/mol. The number of fused-ring (bicyclic) bond motifs is 1. The summed E-state index contributed by atoms with van der Waals surface area (Å²) in [6.07, 6.45) is -7.26. The predicted octanol–water partition coefficient (Wildman–Crippen LogP) is -6.83. The van der Waals surface area contributed by atoms with Crippen LogP contribution in [0.3, 0.4) is 0 Å². The van der Waals surface area contributed by atoms with Crippen LogP contribution in [0.1, 0.15) is 17.2 Å². The summed E-state index contributed by atoms with van der Waals surface area (Å²) in [5, 5.41) is 41.5. The van der Waals surface area contributed by atoms with E-state index >= 15 is 0 Å². The van der Waals surface area contributed by atoms with Gasteiger partial charge in [0.05, 0.1) is 10.6 Å². The number of hydrogen-bond acceptors (Lipinski definition) is 17. The Kier molecular flexibility index (Phi) is 17.7. The zero-order valence-electron chi connectivity index (χ0n) is 35.6. The Hall–Kier alpha value is -10.1. The number of primary amides is 1. The fraction of sp³-hybridized carbons (Fsp3) is 0.189. The number of aliphatic hydroxyl groups excluding tert-OH is 1. The summed E-state index contributed by atoms with van der Waals surface area (Å²) in [5.74, 6) is -10.9. The first kappa shape index (κ1) is 51.5. The molecular weight excluding hydrogens is 913 g/mol. The van der Waals surface area contributed by atoms with E-state index in [2.05, 4.69) is 46.2 Å². The molecule has 4 aromatic rings. The Morgan fingerprint density at radius 1 is 0.623 bits per heavy atom. The number of aromatic nitrogens is 2. The van der Waals surface area contributed by atoms with Gasteiger partial charge in [0.15, 0.2) is 29.4 Å². The summed E-state index contributed by atoms with van der Waals surface area (Å²) in [4.78, 5) is 107. The number of rotatable bonds is 22. The average Bonchev–Trinajstić information content (AvgIpc) is 3.78. The number of carbonyl (C=O) groups excluding carboxylic acids is 6. The number of nitrogens with two attached hydrogens (primary N) is 9. The first-order valence-corrected chi connectivity index (χ1v) is 19.4. The van der Waals surface area contributed by atoms with E-state index < -0.39 is 107 Å². The van der Waals surface area contributed by atoms with Crippen LogP contribution < -0.4 is 83.1 Å². The second kappa shape index (κ2) is 23.7. The third-order valence-corrected chi connectivity index (χ3v) is 8.75. The molecule has 1 aromatic heterocycles. The standard InChI is InChI=1S/C37H46N22O10/c38-23(60)24(52-34(39)40)48-29(62)26(54-36(43)44)50-31(64)27(55-37(45)46)51-30(63)25(53-35(41)42)49-28(61)20(17-11-5-2-6-12-17)47-32(65)33(66)58(15-7-10-16-8-3-1-4-9-16)18-13-14-19(59(67)68)22-21(18)56-69-57-22/h1-14,20,24-27,33,66H,15H2,(H2,38,60)(H,47,65)(H,48,62)(H,49,61)(H,50,64)(H,51,63)(H4,39,40,52)(H4,41,42,53)(H4,43,44,54)(H4,45,46,55). The third-order valence-electron chi connectivity index (χ3n) is 8.75. The fourth-order valence-corrected chi connectivity index (χ4v) is 5.81. The molecule has 6 amide bonds. The van der Waals surface area contributed by atoms with Crippen LogP contribution in [0.4, 0.5) is 11.4 Å². The second-order valence-corrected chi connectivity index (χ2v) is 13.8. The van der Waals surface area contributed by atoms with E-state index in [1.807, 2.05) is 10.6 Å². The number of anilines is 1. The highest BCUT2D eigenvalue weighted by Gasteiger charge is 2.35. The molecule has 0 aliphatic rings. The van der Waals surface area contributed by atoms with Gasteiger partial charge >= 0.3 is 5.69 Å². The van der Waals surface area contributed by atoms with Crippen LogP contribution in [0.2, 0.25) is 0 Å². The lowest BCUT2D eigenvalue weighted by molar-refractivity contribution is -0.383. The van der Waals surface area contributed by atoms with Crippen molar-refractivity contribution in [1.82, 2.24) is 36.9 Å². The van der Waals surface area contributed by atoms with Gasteiger partial charge < -0.3 is 88.2 Å². The maximum absolute atomic E-state index is 14.2. The molecule has 6 unspecified atom stereocenters. The van der Waals surface area contributed by atoms with Crippen molar-refractivity contribution in [3.63, 3.8) is 0 Å². The summed E-state index contributed by atoms with van der Waals surface area (Å²) in [5.41, 5.74) is 48.6. The van der Waals surface area contributed by atoms with Gasteiger partial charge in [-0.2, -0.15) is 0 Å². The van der Waals surface area contributed by atoms with Crippen LogP contribution in [0.5, 0.6) is 0 Å². The molecule has 4 rings (SSSR count). The molecule has 0 saturated carbocycles. The lowest BCUT2D eigenvalue weighted by atomic mass is 10.1. The maximum atomic E-state index is 14.2. The van der Waals surface area contributed by atoms with Crippen molar-refractivity contribution in [1.29, 1.82) is 0 Å². The SMILES string of the molecule is NC(=O)C(N=C(N)N)NC(=O)C(N=C(N)N)NC(=O)C(N=C(N)N)NC(=O)C(N=C(N)N)NC(=O)C(NC(=O)C(O)N(CC=Cc1ccccc1)c1ccc([N+](=O)[O-])c2nonc12)c1ccccc1. The van der Waals surface area contributed by atoms with Crippen molar-refractivity contribution < 1.29 is 43.4 Å². The maximum Gasteiger partial charge on any atom is 0.300 e. The first-order valence-electron chi connectivity index (χ1n) is 19.4. The number of nitrogens with one attached hydrogen (secondary N) is 5. The normalized spacial score (nSPS) is 13.3. The topological polar surface area (TPSA) is 552 Å². The highest BCUT2D eigenvalue weighted by Crippen LogP contribution is 2.32. The Labute approximate surface area is 387 Å². The van der Waals surface area contributed by atoms with Crippen molar-refractivity contribution in [3.05, 3.63) is 100 Å². The molecule has 0 spiro atoms. The minimum absolute atomic E-state index is 0.0483. The van der Waals surface area contributed by atoms with E-state index in [-0.39, 0.29) is 28.8 Å². The summed E-state index contributed by atoms with van der Waals surface area (Å²) in [6.45, 7) is -0.244. The number of non-ortho nitro benzene ring substituents is 1. The minimum atomic E-state index is -2.18. The summed E-state index contributed by atoms with van der Waals surface area (Å²) < 4.78 is 4.78. The quantitative estimate of drug-likeness (QED) is 0.0114. The van der Waals surface area contributed by atoms with Crippen molar-refractivity contribution in [2.45, 2.75) is 36.9 Å². The highest BCUT2D eigenvalue weighted by atomic mass is 16.6. The number of nitro groups is 1. The van der Waals surface area contributed by atoms with E-state index in [4.69, 9.17) is 56.2 Å². The number of carbonyl (C=O) groups is 6. The number of guanidine groups is 4. The number of nitrogens with zero attached hydrogens (tertiary/aromatic N) is 8. The molecule has 0 aliphatic carbocycles. The number of aliphatic imine (C=N–C) groups is 4. The van der Waals surface area contributed by atoms with Crippen LogP contribution in [-0.2, 0) is 28.8 Å². The van der Waals surface area contributed by atoms with Crippen molar-refractivity contribution in [2.24, 2.45) is 71.6 Å². The number of nitro benzene ring substituents is 1. The zero-order valence-corrected chi connectivity index (χ0v) is 35.6. The van der Waals surface area contributed by atoms with Gasteiger partial charge in [0, 0.05) is 12.6 Å². The minimum Gasteiger partial charge on any atom is -0.370 e. The van der Waals surface area contributed by atoms with Gasteiger partial charge in [0.2, 0.25) is 42.3 Å². The predicted molar refractivity (Wildman–Crippen MR) is 245 cm³/mol. The molecule has 0 radical (unpaired) electrons. The molecule has 364 valence electrons. The Balaban J connectivity index is 1.65. The number of aliphatic hydroxyl groups is 1. The molecule has 32 heteroatoms. The molecule has 69 heavy (non-hydrogen) atoms. The Morgan fingerprint density at radius 2 is 1.07 bits per heavy atom. The van der Waals surface area contributed by atoms with Gasteiger partial charge in [-0.05, 0) is 27.5 Å². The van der Waals surface area contributed by atoms with Gasteiger partial charge in [0.25, 0.3) is 29.5 Å². The van der Waals surface area contributed by atoms with E-state index in [9.17, 15) is 44.0 Å². The molecule has 6 atom stereocenters. The summed E-state index contributed by atoms with van der Waals surface area (Å²) in [6, 6.07) is 16.8. The lowest BCUT2D eigenvalue weighted by Crippen LogP contribution is -2.58. The smallest absolute Gasteiger partial charge is 0.300 e. The van der Waals surface area contributed by atoms with E-state index in [1.165, 1.54) is 30.3 Å². The molecule has 0 bridgehead atoms. The third kappa shape index (κ3) is 14.7. The lowest BCUT2D eigenvalue weighted by Gasteiger charge is -2.30. The molecule has 32 nitrogen and oxygen atoms in total. The van der Waals surface area contributed by atoms with Gasteiger partial charge in [0.1, 0.15) is 6.04 Å². The van der Waals surface area contributed by atoms with Gasteiger partial charge in [-0.1, -0.05) is 72.8 Å². The van der Waals surface area contributed by atoms with Crippen molar-refractivity contribution in [3.8, 4) is 0 Å². The first-order chi connectivity index (χ1) is 32.7. The Morgan fingerprint density at radius 3 is 1.55 bits per heavy atom. The number of hydrogen-bond donors (Lipinski definition) is 15. The van der Waals surface area contributed by atoms with Gasteiger partial charge in [-0.3, -0.25) is 38.9 Å². The van der Waals surface area contributed by atoms with E-state index in [0.717, 1.165) is 16.5 Å². The molecule has 3 aromatic carbocycles. The van der Waals surface area contributed by atoms with Gasteiger partial charge in [-0.15, -0.1) is 0 Å². The summed E-state index contributed by atoms with van der Waals surface area (Å²) in [7, 11) is 0. The van der Waals surface area contributed by atoms with Crippen LogP contribution in [-0.4, -0.2) is 117 Å². The molecular formula is C37H46N22O10. The highest BCUT2D eigenvalue weighted by molar-refractivity contribution is 6.00. The van der Waals surface area contributed by atoms with E-state index in [0.29, 0.717) is 0 Å². The molecule has 0 fully saturated rings. The van der Waals surface area contributed by atoms with Crippen LogP contribution in [0, 0.1) is 10.1 Å². The van der Waals surface area contributed by atoms with E-state index in [1.54, 1.807) is 48.6 Å². The average molecular weight is 959 g/mol. The van der Waals surface area contributed by atoms with Crippen molar-refractivity contribution in [2.75, 3.05) is 11.4 Å². The van der Waals surface area contributed by atoms with Crippen molar-refractivity contribution >= 4 is 87.8 Å². The van der Waals surface area contributed by atoms with Crippen LogP contribution in [0.15, 0.2) is 103 Å². The number of benzene rings is 3. The van der Waals surface area contributed by atoms with Crippen LogP contribution >= 0.6 is 0 Å². The molecule has 1 heterocycles. The number of amides is 6. The Bertz CT molecular complexity index is 2680. The van der Waals surface area contributed by atoms with Gasteiger partial charge in [-0.25, -0.2) is 24.6 Å². The molecule has 24 N–H and O–H groups in total. The molecule has 0 saturated heterocycles.